The van der Waals surface area contributed by atoms with Crippen LogP contribution in [0.15, 0.2) is 42.5 Å². The van der Waals surface area contributed by atoms with E-state index in [9.17, 15) is 9.59 Å². The number of anilines is 1. The highest BCUT2D eigenvalue weighted by Gasteiger charge is 2.36. The van der Waals surface area contributed by atoms with Gasteiger partial charge in [-0.3, -0.25) is 14.5 Å². The first-order valence-electron chi connectivity index (χ1n) is 10.8. The summed E-state index contributed by atoms with van der Waals surface area (Å²) in [6.07, 6.45) is 0.667. The topological polar surface area (TPSA) is 43.9 Å². The molecule has 0 unspecified atom stereocenters. The summed E-state index contributed by atoms with van der Waals surface area (Å²) in [5.74, 6) is -0.342. The molecule has 5 heteroatoms. The van der Waals surface area contributed by atoms with Crippen molar-refractivity contribution in [3.05, 3.63) is 64.7 Å². The minimum absolute atomic E-state index is 0.0623. The fourth-order valence-corrected chi connectivity index (χ4v) is 4.27. The molecule has 1 fully saturated rings. The molecule has 2 aliphatic rings. The maximum Gasteiger partial charge on any atom is 0.261 e. The molecule has 0 bridgehead atoms. The lowest BCUT2D eigenvalue weighted by molar-refractivity contribution is 0.0656. The van der Waals surface area contributed by atoms with E-state index in [1.54, 1.807) is 0 Å². The predicted molar refractivity (Wildman–Crippen MR) is 120 cm³/mol. The Morgan fingerprint density at radius 2 is 1.53 bits per heavy atom. The summed E-state index contributed by atoms with van der Waals surface area (Å²) in [5.41, 5.74) is 4.49. The van der Waals surface area contributed by atoms with Crippen molar-refractivity contribution in [2.75, 3.05) is 44.7 Å². The third-order valence-electron chi connectivity index (χ3n) is 6.28. The van der Waals surface area contributed by atoms with Gasteiger partial charge < -0.3 is 9.80 Å². The quantitative estimate of drug-likeness (QED) is 0.730. The van der Waals surface area contributed by atoms with Crippen molar-refractivity contribution in [3.8, 4) is 0 Å². The fraction of sp³-hybridized carbons (Fsp3) is 0.440. The lowest BCUT2D eigenvalue weighted by Gasteiger charge is -2.35. The largest absolute Gasteiger partial charge is 0.369 e. The van der Waals surface area contributed by atoms with Gasteiger partial charge in [-0.25, -0.2) is 0 Å². The summed E-state index contributed by atoms with van der Waals surface area (Å²) in [5, 5.41) is 0. The van der Waals surface area contributed by atoms with E-state index >= 15 is 0 Å². The highest BCUT2D eigenvalue weighted by atomic mass is 16.2. The molecular formula is C25H31N3O2. The number of piperazine rings is 1. The molecule has 0 aromatic heterocycles. The molecule has 1 saturated heterocycles. The lowest BCUT2D eigenvalue weighted by Crippen LogP contribution is -2.44. The summed E-state index contributed by atoms with van der Waals surface area (Å²) in [6, 6.07) is 14.0. The molecule has 2 amide bonds. The number of rotatable bonds is 4. The molecule has 2 aromatic rings. The Kier molecular flexibility index (Phi) is 5.41. The molecule has 2 aromatic carbocycles. The van der Waals surface area contributed by atoms with Crippen molar-refractivity contribution in [3.63, 3.8) is 0 Å². The van der Waals surface area contributed by atoms with Crippen LogP contribution in [-0.4, -0.2) is 61.4 Å². The van der Waals surface area contributed by atoms with E-state index in [4.69, 9.17) is 0 Å². The van der Waals surface area contributed by atoms with E-state index in [-0.39, 0.29) is 17.2 Å². The Morgan fingerprint density at radius 1 is 0.867 bits per heavy atom. The van der Waals surface area contributed by atoms with Crippen LogP contribution in [0.3, 0.4) is 0 Å². The number of para-hydroxylation sites is 1. The fourth-order valence-electron chi connectivity index (χ4n) is 4.27. The van der Waals surface area contributed by atoms with Gasteiger partial charge in [-0.2, -0.15) is 0 Å². The van der Waals surface area contributed by atoms with E-state index in [1.165, 1.54) is 16.2 Å². The van der Waals surface area contributed by atoms with Crippen molar-refractivity contribution in [1.29, 1.82) is 0 Å². The minimum atomic E-state index is -0.174. The first-order chi connectivity index (χ1) is 14.3. The number of likely N-dealkylation sites (N-methyl/N-ethyl adjacent to an activating group) is 1. The van der Waals surface area contributed by atoms with Crippen molar-refractivity contribution in [2.45, 2.75) is 32.6 Å². The number of hydrogen-bond donors (Lipinski definition) is 0. The summed E-state index contributed by atoms with van der Waals surface area (Å²) in [6.45, 7) is 10.8. The van der Waals surface area contributed by atoms with E-state index in [2.05, 4.69) is 55.8 Å². The van der Waals surface area contributed by atoms with Crippen LogP contribution in [0.5, 0.6) is 0 Å². The smallest absolute Gasteiger partial charge is 0.261 e. The zero-order valence-electron chi connectivity index (χ0n) is 18.4. The van der Waals surface area contributed by atoms with Crippen molar-refractivity contribution < 1.29 is 9.59 Å². The average molecular weight is 406 g/mol. The summed E-state index contributed by atoms with van der Waals surface area (Å²) in [7, 11) is 2.15. The molecular weight excluding hydrogens is 374 g/mol. The normalized spacial score (nSPS) is 17.6. The molecule has 2 heterocycles. The first-order valence-corrected chi connectivity index (χ1v) is 10.8. The van der Waals surface area contributed by atoms with Gasteiger partial charge in [-0.05, 0) is 48.2 Å². The van der Waals surface area contributed by atoms with Crippen LogP contribution in [-0.2, 0) is 11.8 Å². The minimum Gasteiger partial charge on any atom is -0.369 e. The van der Waals surface area contributed by atoms with Gasteiger partial charge in [-0.1, -0.05) is 45.0 Å². The van der Waals surface area contributed by atoms with Crippen LogP contribution in [0.25, 0.3) is 0 Å². The number of carbonyl (C=O) groups is 2. The molecule has 5 nitrogen and oxygen atoms in total. The summed E-state index contributed by atoms with van der Waals surface area (Å²) in [4.78, 5) is 32.1. The second-order valence-corrected chi connectivity index (χ2v) is 9.44. The molecule has 0 atom stereocenters. The van der Waals surface area contributed by atoms with Crippen LogP contribution in [0.1, 0.15) is 52.6 Å². The van der Waals surface area contributed by atoms with E-state index in [1.807, 2.05) is 24.3 Å². The van der Waals surface area contributed by atoms with Gasteiger partial charge in [0.15, 0.2) is 0 Å². The summed E-state index contributed by atoms with van der Waals surface area (Å²) < 4.78 is 0. The number of carbonyl (C=O) groups excluding carboxylic acids is 2. The third kappa shape index (κ3) is 3.86. The second-order valence-electron chi connectivity index (χ2n) is 9.44. The average Bonchev–Trinajstić information content (AvgIpc) is 2.96. The van der Waals surface area contributed by atoms with E-state index in [0.717, 1.165) is 31.7 Å². The molecule has 0 aliphatic carbocycles. The van der Waals surface area contributed by atoms with Crippen molar-refractivity contribution >= 4 is 17.5 Å². The van der Waals surface area contributed by atoms with Gasteiger partial charge in [0.1, 0.15) is 0 Å². The van der Waals surface area contributed by atoms with Crippen LogP contribution < -0.4 is 4.90 Å². The number of fused-ring (bicyclic) bond motifs is 1. The van der Waals surface area contributed by atoms with Crippen LogP contribution in [0, 0.1) is 0 Å². The number of benzene rings is 2. The zero-order valence-corrected chi connectivity index (χ0v) is 18.4. The number of nitrogens with zero attached hydrogens (tertiary/aromatic N) is 3. The molecule has 158 valence electrons. The molecule has 0 N–H and O–H groups in total. The number of imide groups is 1. The molecule has 0 saturated carbocycles. The Labute approximate surface area is 179 Å². The molecule has 0 radical (unpaired) electrons. The number of hydrogen-bond acceptors (Lipinski definition) is 4. The van der Waals surface area contributed by atoms with Gasteiger partial charge in [0.05, 0.1) is 11.1 Å². The Balaban J connectivity index is 1.51. The Hall–Kier alpha value is -2.66. The molecule has 30 heavy (non-hydrogen) atoms. The summed E-state index contributed by atoms with van der Waals surface area (Å²) >= 11 is 0. The Bertz CT molecular complexity index is 969. The SMILES string of the molecule is CN1CCN(c2ccccc2CCN2C(=O)c3ccc(C(C)(C)C)cc3C2=O)CC1. The van der Waals surface area contributed by atoms with Gasteiger partial charge in [0.2, 0.25) is 0 Å². The van der Waals surface area contributed by atoms with E-state index in [0.29, 0.717) is 24.1 Å². The maximum atomic E-state index is 13.0. The lowest BCUT2D eigenvalue weighted by atomic mass is 9.85. The van der Waals surface area contributed by atoms with Crippen molar-refractivity contribution in [2.24, 2.45) is 0 Å². The monoisotopic (exact) mass is 405 g/mol. The third-order valence-corrected chi connectivity index (χ3v) is 6.28. The van der Waals surface area contributed by atoms with Crippen LogP contribution in [0.2, 0.25) is 0 Å². The molecule has 2 aliphatic heterocycles. The highest BCUT2D eigenvalue weighted by Crippen LogP contribution is 2.30. The second kappa shape index (κ2) is 7.88. The van der Waals surface area contributed by atoms with Gasteiger partial charge in [-0.15, -0.1) is 0 Å². The Morgan fingerprint density at radius 3 is 2.23 bits per heavy atom. The van der Waals surface area contributed by atoms with Crippen molar-refractivity contribution in [1.82, 2.24) is 9.80 Å². The number of amides is 2. The van der Waals surface area contributed by atoms with Crippen LogP contribution in [0.4, 0.5) is 5.69 Å². The maximum absolute atomic E-state index is 13.0. The van der Waals surface area contributed by atoms with Gasteiger partial charge in [0, 0.05) is 38.4 Å². The van der Waals surface area contributed by atoms with Gasteiger partial charge in [0.25, 0.3) is 11.8 Å². The standard InChI is InChI=1S/C25H31N3O2/c1-25(2,3)19-9-10-20-21(17-19)24(30)28(23(20)29)12-11-18-7-5-6-8-22(18)27-15-13-26(4)14-16-27/h5-10,17H,11-16H2,1-4H3. The first kappa shape index (κ1) is 20.6. The van der Waals surface area contributed by atoms with Crippen LogP contribution >= 0.6 is 0 Å². The highest BCUT2D eigenvalue weighted by molar-refractivity contribution is 6.21. The predicted octanol–water partition coefficient (Wildman–Crippen LogP) is 3.57. The van der Waals surface area contributed by atoms with Gasteiger partial charge >= 0.3 is 0 Å². The molecule has 0 spiro atoms. The molecule has 4 rings (SSSR count). The van der Waals surface area contributed by atoms with E-state index < -0.39 is 0 Å². The zero-order chi connectivity index (χ0) is 21.5.